The van der Waals surface area contributed by atoms with E-state index in [2.05, 4.69) is 9.62 Å². The smallest absolute Gasteiger partial charge is 0.240 e. The van der Waals surface area contributed by atoms with Gasteiger partial charge in [-0.15, -0.1) is 0 Å². The van der Waals surface area contributed by atoms with E-state index < -0.39 is 15.8 Å². The van der Waals surface area contributed by atoms with Gasteiger partial charge in [-0.25, -0.2) is 17.5 Å². The molecular formula is C19H23ClFN2O3S-. The van der Waals surface area contributed by atoms with Crippen LogP contribution in [0.3, 0.4) is 0 Å². The van der Waals surface area contributed by atoms with Crippen molar-refractivity contribution in [1.82, 2.24) is 9.62 Å². The van der Waals surface area contributed by atoms with Gasteiger partial charge < -0.3 is 17.1 Å². The van der Waals surface area contributed by atoms with E-state index in [4.69, 9.17) is 4.74 Å². The van der Waals surface area contributed by atoms with Gasteiger partial charge in [-0.2, -0.15) is 0 Å². The monoisotopic (exact) mass is 413 g/mol. The topological polar surface area (TPSA) is 58.6 Å². The molecule has 2 aromatic rings. The Bertz CT molecular complexity index is 840. The van der Waals surface area contributed by atoms with Crippen LogP contribution in [0.1, 0.15) is 24.4 Å². The molecule has 0 amide bonds. The van der Waals surface area contributed by atoms with Crippen LogP contribution in [0.15, 0.2) is 53.4 Å². The van der Waals surface area contributed by atoms with Gasteiger partial charge in [-0.3, -0.25) is 4.90 Å². The highest BCUT2D eigenvalue weighted by Gasteiger charge is 2.25. The molecule has 27 heavy (non-hydrogen) atoms. The third kappa shape index (κ3) is 5.42. The van der Waals surface area contributed by atoms with Crippen molar-refractivity contribution in [2.45, 2.75) is 23.8 Å². The quantitative estimate of drug-likeness (QED) is 0.691. The zero-order valence-electron chi connectivity index (χ0n) is 15.1. The van der Waals surface area contributed by atoms with Gasteiger partial charge in [0.1, 0.15) is 11.6 Å². The summed E-state index contributed by atoms with van der Waals surface area (Å²) in [5.74, 6) is 0.188. The number of likely N-dealkylation sites (tertiary alicyclic amines) is 1. The summed E-state index contributed by atoms with van der Waals surface area (Å²) in [6.45, 7) is 2.09. The molecule has 1 heterocycles. The van der Waals surface area contributed by atoms with Crippen LogP contribution < -0.4 is 21.9 Å². The fourth-order valence-electron chi connectivity index (χ4n) is 3.24. The Morgan fingerprint density at radius 1 is 1.15 bits per heavy atom. The molecule has 0 saturated carbocycles. The molecule has 1 atom stereocenters. The summed E-state index contributed by atoms with van der Waals surface area (Å²) in [5, 5.41) is 0. The van der Waals surface area contributed by atoms with Crippen molar-refractivity contribution >= 4 is 10.0 Å². The van der Waals surface area contributed by atoms with Gasteiger partial charge in [0, 0.05) is 12.6 Å². The summed E-state index contributed by atoms with van der Waals surface area (Å²) in [5.41, 5.74) is 1.02. The Labute approximate surface area is 166 Å². The van der Waals surface area contributed by atoms with Crippen LogP contribution in [0.2, 0.25) is 0 Å². The molecular weight excluding hydrogens is 391 g/mol. The molecule has 1 fully saturated rings. The van der Waals surface area contributed by atoms with E-state index in [0.717, 1.165) is 43.3 Å². The van der Waals surface area contributed by atoms with Gasteiger partial charge in [0.2, 0.25) is 10.0 Å². The number of ether oxygens (including phenoxy) is 1. The van der Waals surface area contributed by atoms with E-state index in [0.29, 0.717) is 0 Å². The zero-order chi connectivity index (χ0) is 18.6. The van der Waals surface area contributed by atoms with Gasteiger partial charge in [0.15, 0.2) is 0 Å². The van der Waals surface area contributed by atoms with Gasteiger partial charge >= 0.3 is 0 Å². The summed E-state index contributed by atoms with van der Waals surface area (Å²) < 4.78 is 46.2. The van der Waals surface area contributed by atoms with Crippen LogP contribution in [0, 0.1) is 5.82 Å². The van der Waals surface area contributed by atoms with E-state index >= 15 is 0 Å². The first-order chi connectivity index (χ1) is 12.5. The lowest BCUT2D eigenvalue weighted by Gasteiger charge is -2.28. The molecule has 5 nitrogen and oxygen atoms in total. The molecule has 0 radical (unpaired) electrons. The summed E-state index contributed by atoms with van der Waals surface area (Å²) >= 11 is 0. The van der Waals surface area contributed by atoms with Crippen molar-refractivity contribution < 1.29 is 30.0 Å². The van der Waals surface area contributed by atoms with Crippen molar-refractivity contribution in [3.63, 3.8) is 0 Å². The lowest BCUT2D eigenvalue weighted by Crippen LogP contribution is -3.00. The summed E-state index contributed by atoms with van der Waals surface area (Å²) in [6.07, 6.45) is 2.20. The molecule has 1 saturated heterocycles. The molecule has 0 spiro atoms. The number of rotatable bonds is 7. The molecule has 148 valence electrons. The fourth-order valence-corrected chi connectivity index (χ4v) is 4.31. The number of sulfonamides is 1. The second kappa shape index (κ2) is 9.50. The number of hydrogen-bond acceptors (Lipinski definition) is 4. The van der Waals surface area contributed by atoms with Gasteiger partial charge in [-0.05, 0) is 61.8 Å². The van der Waals surface area contributed by atoms with Crippen LogP contribution in [0.25, 0.3) is 0 Å². The van der Waals surface area contributed by atoms with Crippen molar-refractivity contribution in [3.05, 3.63) is 59.9 Å². The van der Waals surface area contributed by atoms with Crippen LogP contribution in [0.4, 0.5) is 4.39 Å². The molecule has 1 N–H and O–H groups in total. The lowest BCUT2D eigenvalue weighted by atomic mass is 10.1. The molecule has 2 aromatic carbocycles. The molecule has 0 bridgehead atoms. The highest BCUT2D eigenvalue weighted by Crippen LogP contribution is 2.26. The lowest BCUT2D eigenvalue weighted by molar-refractivity contribution is -0.00000871. The normalized spacial score (nSPS) is 15.9. The number of benzene rings is 2. The number of halogens is 2. The van der Waals surface area contributed by atoms with E-state index in [9.17, 15) is 12.8 Å². The Morgan fingerprint density at radius 3 is 2.41 bits per heavy atom. The molecule has 1 unspecified atom stereocenters. The Balaban J connectivity index is 0.00000261. The van der Waals surface area contributed by atoms with Crippen LogP contribution in [0.5, 0.6) is 5.75 Å². The highest BCUT2D eigenvalue weighted by molar-refractivity contribution is 7.89. The molecule has 0 aromatic heterocycles. The average molecular weight is 414 g/mol. The zero-order valence-corrected chi connectivity index (χ0v) is 16.6. The minimum Gasteiger partial charge on any atom is -1.00 e. The van der Waals surface area contributed by atoms with Crippen LogP contribution in [-0.4, -0.2) is 40.1 Å². The predicted molar refractivity (Wildman–Crippen MR) is 98.1 cm³/mol. The molecule has 1 aliphatic heterocycles. The van der Waals surface area contributed by atoms with Crippen molar-refractivity contribution in [2.75, 3.05) is 26.7 Å². The van der Waals surface area contributed by atoms with E-state index in [-0.39, 0.29) is 29.9 Å². The largest absolute Gasteiger partial charge is 1.00 e. The van der Waals surface area contributed by atoms with Crippen LogP contribution in [-0.2, 0) is 10.0 Å². The van der Waals surface area contributed by atoms with E-state index in [1.165, 1.54) is 18.2 Å². The molecule has 8 heteroatoms. The maximum atomic E-state index is 13.4. The van der Waals surface area contributed by atoms with Gasteiger partial charge in [-0.1, -0.05) is 18.2 Å². The first-order valence-electron chi connectivity index (χ1n) is 8.63. The third-order valence-corrected chi connectivity index (χ3v) is 6.08. The Hall–Kier alpha value is -1.67. The van der Waals surface area contributed by atoms with Crippen LogP contribution >= 0.6 is 0 Å². The molecule has 3 rings (SSSR count). The number of methoxy groups -OCH3 is 1. The standard InChI is InChI=1S/C19H23FN2O3S.ClH/c1-25-17-9-7-15(8-10-17)19(22-11-2-3-12-22)14-21-26(23,24)18-6-4-5-16(20)13-18;/h4-10,13,19,21H,2-3,11-12,14H2,1H3;1H/p-1. The first kappa shape index (κ1) is 21.6. The van der Waals surface area contributed by atoms with E-state index in [1.807, 2.05) is 24.3 Å². The fraction of sp³-hybridized carbons (Fsp3) is 0.368. The average Bonchev–Trinajstić information content (AvgIpc) is 3.17. The third-order valence-electron chi connectivity index (χ3n) is 4.66. The molecule has 1 aliphatic rings. The second-order valence-corrected chi connectivity index (χ2v) is 8.11. The summed E-state index contributed by atoms with van der Waals surface area (Å²) in [6, 6.07) is 12.6. The maximum absolute atomic E-state index is 13.4. The first-order valence-corrected chi connectivity index (χ1v) is 10.1. The minimum atomic E-state index is -3.77. The van der Waals surface area contributed by atoms with Crippen molar-refractivity contribution in [3.8, 4) is 5.75 Å². The summed E-state index contributed by atoms with van der Waals surface area (Å²) in [4.78, 5) is 2.21. The Morgan fingerprint density at radius 2 is 1.81 bits per heavy atom. The number of nitrogens with zero attached hydrogens (tertiary/aromatic N) is 1. The van der Waals surface area contributed by atoms with Gasteiger partial charge in [0.25, 0.3) is 0 Å². The molecule has 0 aliphatic carbocycles. The SMILES string of the molecule is COc1ccc(C(CNS(=O)(=O)c2cccc(F)c2)N2CCCC2)cc1.[Cl-]. The minimum absolute atomic E-state index is 0. The summed E-state index contributed by atoms with van der Waals surface area (Å²) in [7, 11) is -2.16. The number of hydrogen-bond donors (Lipinski definition) is 1. The number of nitrogens with one attached hydrogen (secondary N) is 1. The van der Waals surface area contributed by atoms with E-state index in [1.54, 1.807) is 7.11 Å². The maximum Gasteiger partial charge on any atom is 0.240 e. The Kier molecular flexibility index (Phi) is 7.61. The predicted octanol–water partition coefficient (Wildman–Crippen LogP) is -0.0463. The highest BCUT2D eigenvalue weighted by atomic mass is 35.5. The van der Waals surface area contributed by atoms with Crippen molar-refractivity contribution in [2.24, 2.45) is 0 Å². The second-order valence-electron chi connectivity index (χ2n) is 6.34. The van der Waals surface area contributed by atoms with Crippen molar-refractivity contribution in [1.29, 1.82) is 0 Å². The van der Waals surface area contributed by atoms with Gasteiger partial charge in [0.05, 0.1) is 12.0 Å².